The van der Waals surface area contributed by atoms with Crippen molar-refractivity contribution in [1.82, 2.24) is 15.1 Å². The number of rotatable bonds is 6. The Labute approximate surface area is 122 Å². The average molecular weight is 306 g/mol. The van der Waals surface area contributed by atoms with Crippen LogP contribution in [0.4, 0.5) is 0 Å². The average Bonchev–Trinajstić information content (AvgIpc) is 2.62. The van der Waals surface area contributed by atoms with E-state index in [-0.39, 0.29) is 12.5 Å². The van der Waals surface area contributed by atoms with E-state index in [0.717, 1.165) is 0 Å². The first-order valence-electron chi connectivity index (χ1n) is 6.03. The van der Waals surface area contributed by atoms with E-state index in [1.807, 2.05) is 13.2 Å². The Balaban J connectivity index is 2.79. The van der Waals surface area contributed by atoms with Gasteiger partial charge in [0.25, 0.3) is 5.91 Å². The second-order valence-corrected chi connectivity index (χ2v) is 5.93. The van der Waals surface area contributed by atoms with E-state index in [9.17, 15) is 9.90 Å². The standard InChI is InChI=1S/C12H20ClN3O2S/c1-5-8-9(10(13)16(3)15-8)11(17)14-6-12(2,18)7-19-4/h18H,5-7H2,1-4H3,(H,14,17). The summed E-state index contributed by atoms with van der Waals surface area (Å²) in [6.45, 7) is 3.79. The minimum absolute atomic E-state index is 0.182. The van der Waals surface area contributed by atoms with Crippen molar-refractivity contribution in [3.63, 3.8) is 0 Å². The van der Waals surface area contributed by atoms with Gasteiger partial charge in [0.1, 0.15) is 5.15 Å². The fourth-order valence-electron chi connectivity index (χ4n) is 1.75. The number of hydrogen-bond acceptors (Lipinski definition) is 4. The predicted molar refractivity (Wildman–Crippen MR) is 78.9 cm³/mol. The van der Waals surface area contributed by atoms with Crippen LogP contribution in [-0.4, -0.2) is 44.9 Å². The second-order valence-electron chi connectivity index (χ2n) is 4.70. The molecule has 5 nitrogen and oxygen atoms in total. The molecule has 108 valence electrons. The molecule has 1 unspecified atom stereocenters. The van der Waals surface area contributed by atoms with Crippen molar-refractivity contribution >= 4 is 29.3 Å². The maximum Gasteiger partial charge on any atom is 0.256 e. The number of aryl methyl sites for hydroxylation is 2. The van der Waals surface area contributed by atoms with Gasteiger partial charge < -0.3 is 10.4 Å². The number of hydrogen-bond donors (Lipinski definition) is 2. The lowest BCUT2D eigenvalue weighted by molar-refractivity contribution is 0.0724. The van der Waals surface area contributed by atoms with Gasteiger partial charge in [-0.25, -0.2) is 0 Å². The van der Waals surface area contributed by atoms with Gasteiger partial charge in [-0.2, -0.15) is 16.9 Å². The molecule has 7 heteroatoms. The molecule has 1 aromatic heterocycles. The second kappa shape index (κ2) is 6.63. The van der Waals surface area contributed by atoms with Crippen molar-refractivity contribution < 1.29 is 9.90 Å². The van der Waals surface area contributed by atoms with E-state index < -0.39 is 5.60 Å². The number of thioether (sulfide) groups is 1. The van der Waals surface area contributed by atoms with Gasteiger partial charge in [-0.3, -0.25) is 9.48 Å². The molecule has 0 bridgehead atoms. The molecule has 1 heterocycles. The number of carbonyl (C=O) groups is 1. The number of nitrogens with one attached hydrogen (secondary N) is 1. The van der Waals surface area contributed by atoms with Gasteiger partial charge in [0.2, 0.25) is 0 Å². The summed E-state index contributed by atoms with van der Waals surface area (Å²) >= 11 is 7.60. The minimum Gasteiger partial charge on any atom is -0.387 e. The number of halogens is 1. The van der Waals surface area contributed by atoms with E-state index in [4.69, 9.17) is 11.6 Å². The van der Waals surface area contributed by atoms with Crippen LogP contribution in [0.25, 0.3) is 0 Å². The molecule has 1 rings (SSSR count). The Hall–Kier alpha value is -0.720. The molecular weight excluding hydrogens is 286 g/mol. The number of aliphatic hydroxyl groups is 1. The van der Waals surface area contributed by atoms with Crippen LogP contribution in [0.15, 0.2) is 0 Å². The summed E-state index contributed by atoms with van der Waals surface area (Å²) in [6.07, 6.45) is 2.54. The summed E-state index contributed by atoms with van der Waals surface area (Å²) in [7, 11) is 1.70. The molecule has 0 aromatic carbocycles. The van der Waals surface area contributed by atoms with Crippen LogP contribution in [0.1, 0.15) is 29.9 Å². The quantitative estimate of drug-likeness (QED) is 0.835. The van der Waals surface area contributed by atoms with Crippen LogP contribution >= 0.6 is 23.4 Å². The summed E-state index contributed by atoms with van der Waals surface area (Å²) in [4.78, 5) is 12.1. The highest BCUT2D eigenvalue weighted by Crippen LogP contribution is 2.20. The molecule has 1 amide bonds. The third kappa shape index (κ3) is 4.12. The third-order valence-electron chi connectivity index (χ3n) is 2.70. The molecule has 1 aromatic rings. The minimum atomic E-state index is -0.934. The van der Waals surface area contributed by atoms with Crippen molar-refractivity contribution in [2.45, 2.75) is 25.9 Å². The first kappa shape index (κ1) is 16.3. The molecule has 0 saturated heterocycles. The molecule has 1 atom stereocenters. The molecule has 0 aliphatic carbocycles. The molecule has 19 heavy (non-hydrogen) atoms. The first-order chi connectivity index (χ1) is 8.82. The normalized spacial score (nSPS) is 14.2. The third-order valence-corrected chi connectivity index (χ3v) is 4.04. The zero-order valence-corrected chi connectivity index (χ0v) is 13.2. The van der Waals surface area contributed by atoms with E-state index >= 15 is 0 Å². The molecule has 0 aliphatic heterocycles. The van der Waals surface area contributed by atoms with Gasteiger partial charge in [0.05, 0.1) is 16.9 Å². The van der Waals surface area contributed by atoms with E-state index in [1.165, 1.54) is 16.4 Å². The number of amides is 1. The highest BCUT2D eigenvalue weighted by molar-refractivity contribution is 7.98. The lowest BCUT2D eigenvalue weighted by atomic mass is 10.1. The fraction of sp³-hybridized carbons (Fsp3) is 0.667. The summed E-state index contributed by atoms with van der Waals surface area (Å²) in [5, 5.41) is 17.2. The SMILES string of the molecule is CCc1nn(C)c(Cl)c1C(=O)NCC(C)(O)CSC. The van der Waals surface area contributed by atoms with Gasteiger partial charge in [0.15, 0.2) is 0 Å². The molecule has 0 spiro atoms. The Bertz CT molecular complexity index is 460. The number of aromatic nitrogens is 2. The maximum absolute atomic E-state index is 12.1. The molecule has 2 N–H and O–H groups in total. The molecular formula is C12H20ClN3O2S. The smallest absolute Gasteiger partial charge is 0.256 e. The molecule has 0 fully saturated rings. The Kier molecular flexibility index (Phi) is 5.70. The maximum atomic E-state index is 12.1. The first-order valence-corrected chi connectivity index (χ1v) is 7.80. The highest BCUT2D eigenvalue weighted by atomic mass is 35.5. The van der Waals surface area contributed by atoms with Crippen LogP contribution in [0, 0.1) is 0 Å². The van der Waals surface area contributed by atoms with Gasteiger partial charge in [-0.1, -0.05) is 18.5 Å². The van der Waals surface area contributed by atoms with Gasteiger partial charge >= 0.3 is 0 Å². The largest absolute Gasteiger partial charge is 0.387 e. The van der Waals surface area contributed by atoms with Crippen LogP contribution < -0.4 is 5.32 Å². The fourth-order valence-corrected chi connectivity index (χ4v) is 2.71. The van der Waals surface area contributed by atoms with Crippen LogP contribution in [0.5, 0.6) is 0 Å². The monoisotopic (exact) mass is 305 g/mol. The van der Waals surface area contributed by atoms with E-state index in [0.29, 0.717) is 28.6 Å². The Morgan fingerprint density at radius 2 is 2.26 bits per heavy atom. The summed E-state index contributed by atoms with van der Waals surface area (Å²) in [5.41, 5.74) is 0.122. The van der Waals surface area contributed by atoms with Crippen molar-refractivity contribution in [1.29, 1.82) is 0 Å². The van der Waals surface area contributed by atoms with Gasteiger partial charge in [-0.15, -0.1) is 0 Å². The Morgan fingerprint density at radius 3 is 2.79 bits per heavy atom. The zero-order valence-electron chi connectivity index (χ0n) is 11.7. The van der Waals surface area contributed by atoms with E-state index in [2.05, 4.69) is 10.4 Å². The Morgan fingerprint density at radius 1 is 1.63 bits per heavy atom. The summed E-state index contributed by atoms with van der Waals surface area (Å²) in [6, 6.07) is 0. The predicted octanol–water partition coefficient (Wildman–Crippen LogP) is 1.48. The number of carbonyl (C=O) groups excluding carboxylic acids is 1. The number of nitrogens with zero attached hydrogens (tertiary/aromatic N) is 2. The summed E-state index contributed by atoms with van der Waals surface area (Å²) in [5.74, 6) is 0.255. The lowest BCUT2D eigenvalue weighted by Gasteiger charge is -2.22. The van der Waals surface area contributed by atoms with Crippen molar-refractivity contribution in [3.8, 4) is 0 Å². The van der Waals surface area contributed by atoms with Crippen LogP contribution in [0.2, 0.25) is 5.15 Å². The molecule has 0 saturated carbocycles. The molecule has 0 radical (unpaired) electrons. The molecule has 0 aliphatic rings. The van der Waals surface area contributed by atoms with Crippen molar-refractivity contribution in [2.75, 3.05) is 18.6 Å². The van der Waals surface area contributed by atoms with E-state index in [1.54, 1.807) is 14.0 Å². The van der Waals surface area contributed by atoms with Gasteiger partial charge in [-0.05, 0) is 19.6 Å². The highest BCUT2D eigenvalue weighted by Gasteiger charge is 2.24. The summed E-state index contributed by atoms with van der Waals surface area (Å²) < 4.78 is 1.48. The topological polar surface area (TPSA) is 67.2 Å². The van der Waals surface area contributed by atoms with Crippen molar-refractivity contribution in [3.05, 3.63) is 16.4 Å². The lowest BCUT2D eigenvalue weighted by Crippen LogP contribution is -2.42. The van der Waals surface area contributed by atoms with Crippen molar-refractivity contribution in [2.24, 2.45) is 7.05 Å². The van der Waals surface area contributed by atoms with Gasteiger partial charge in [0, 0.05) is 19.3 Å². The zero-order chi connectivity index (χ0) is 14.6. The van der Waals surface area contributed by atoms with Crippen LogP contribution in [-0.2, 0) is 13.5 Å². The van der Waals surface area contributed by atoms with Crippen LogP contribution in [0.3, 0.4) is 0 Å².